The lowest BCUT2D eigenvalue weighted by Crippen LogP contribution is -2.13. The molecule has 9 heteroatoms. The van der Waals surface area contributed by atoms with Crippen LogP contribution in [-0.4, -0.2) is 28.5 Å². The summed E-state index contributed by atoms with van der Waals surface area (Å²) < 4.78 is 27.8. The van der Waals surface area contributed by atoms with Crippen LogP contribution in [-0.2, 0) is 10.0 Å². The minimum Gasteiger partial charge on any atom is -0.507 e. The van der Waals surface area contributed by atoms with Gasteiger partial charge in [0, 0.05) is 5.56 Å². The molecule has 0 saturated carbocycles. The van der Waals surface area contributed by atoms with Crippen molar-refractivity contribution in [2.24, 2.45) is 0 Å². The average molecular weight is 409 g/mol. The fraction of sp³-hybridized carbons (Fsp3) is 0.100. The Morgan fingerprint density at radius 3 is 2.45 bits per heavy atom. The number of aromatic amines is 1. The van der Waals surface area contributed by atoms with Gasteiger partial charge in [0.1, 0.15) is 17.4 Å². The first-order chi connectivity index (χ1) is 13.7. The number of pyridine rings is 1. The highest BCUT2D eigenvalue weighted by atomic mass is 32.2. The molecule has 29 heavy (non-hydrogen) atoms. The van der Waals surface area contributed by atoms with Crippen LogP contribution in [0.4, 0.5) is 11.5 Å². The summed E-state index contributed by atoms with van der Waals surface area (Å²) in [5.74, 6) is 1.02. The van der Waals surface area contributed by atoms with Crippen molar-refractivity contribution < 1.29 is 13.5 Å². The normalized spacial score (nSPS) is 11.7. The minimum atomic E-state index is -3.83. The van der Waals surface area contributed by atoms with Crippen LogP contribution in [0.3, 0.4) is 0 Å². The number of sulfonamides is 1. The number of benzene rings is 2. The number of aromatic hydroxyl groups is 1. The summed E-state index contributed by atoms with van der Waals surface area (Å²) in [6.45, 7) is 3.63. The van der Waals surface area contributed by atoms with E-state index in [0.29, 0.717) is 22.5 Å². The van der Waals surface area contributed by atoms with Gasteiger partial charge in [-0.15, -0.1) is 0 Å². The van der Waals surface area contributed by atoms with E-state index in [0.717, 1.165) is 16.7 Å². The molecule has 0 atom stereocenters. The first-order valence-corrected chi connectivity index (χ1v) is 10.3. The summed E-state index contributed by atoms with van der Waals surface area (Å²) in [4.78, 5) is 11.7. The summed E-state index contributed by atoms with van der Waals surface area (Å²) in [5.41, 5.74) is 9.52. The molecular formula is C20H19N5O3S. The molecule has 0 aliphatic heterocycles. The second kappa shape index (κ2) is 6.78. The van der Waals surface area contributed by atoms with Gasteiger partial charge >= 0.3 is 0 Å². The number of imidazole rings is 1. The Kier molecular flexibility index (Phi) is 4.39. The summed E-state index contributed by atoms with van der Waals surface area (Å²) >= 11 is 0. The van der Waals surface area contributed by atoms with E-state index in [1.54, 1.807) is 12.1 Å². The average Bonchev–Trinajstić information content (AvgIpc) is 3.11. The lowest BCUT2D eigenvalue weighted by Gasteiger charge is -2.07. The lowest BCUT2D eigenvalue weighted by molar-refractivity contribution is 0.467. The molecular weight excluding hydrogens is 390 g/mol. The quantitative estimate of drug-likeness (QED) is 0.408. The van der Waals surface area contributed by atoms with Crippen molar-refractivity contribution >= 4 is 32.6 Å². The van der Waals surface area contributed by atoms with Gasteiger partial charge < -0.3 is 15.8 Å². The van der Waals surface area contributed by atoms with Crippen molar-refractivity contribution in [2.75, 3.05) is 10.5 Å². The minimum absolute atomic E-state index is 0.0805. The van der Waals surface area contributed by atoms with Crippen LogP contribution in [0.5, 0.6) is 5.75 Å². The predicted octanol–water partition coefficient (Wildman–Crippen LogP) is 3.33. The number of H-pyrrole nitrogens is 1. The topological polar surface area (TPSA) is 134 Å². The van der Waals surface area contributed by atoms with Crippen molar-refractivity contribution in [3.63, 3.8) is 0 Å². The Bertz CT molecular complexity index is 1310. The number of rotatable bonds is 4. The van der Waals surface area contributed by atoms with Gasteiger partial charge in [-0.3, -0.25) is 4.72 Å². The Labute approximate surface area is 167 Å². The van der Waals surface area contributed by atoms with Gasteiger partial charge in [-0.1, -0.05) is 0 Å². The van der Waals surface area contributed by atoms with E-state index < -0.39 is 10.0 Å². The maximum absolute atomic E-state index is 12.7. The third-order valence-corrected chi connectivity index (χ3v) is 5.91. The summed E-state index contributed by atoms with van der Waals surface area (Å²) in [7, 11) is -3.83. The highest BCUT2D eigenvalue weighted by Crippen LogP contribution is 2.29. The van der Waals surface area contributed by atoms with Crippen LogP contribution in [0.2, 0.25) is 0 Å². The Morgan fingerprint density at radius 1 is 1.07 bits per heavy atom. The largest absolute Gasteiger partial charge is 0.507 e. The number of aromatic nitrogens is 3. The zero-order valence-electron chi connectivity index (χ0n) is 15.8. The van der Waals surface area contributed by atoms with Gasteiger partial charge in [0.05, 0.1) is 27.8 Å². The molecule has 0 amide bonds. The molecule has 5 N–H and O–H groups in total. The van der Waals surface area contributed by atoms with E-state index in [4.69, 9.17) is 5.73 Å². The maximum atomic E-state index is 12.7. The Balaban J connectivity index is 1.70. The van der Waals surface area contributed by atoms with Crippen molar-refractivity contribution in [3.05, 3.63) is 59.8 Å². The number of phenolic OH excluding ortho intramolecular Hbond substituents is 1. The molecule has 0 aliphatic carbocycles. The van der Waals surface area contributed by atoms with E-state index in [-0.39, 0.29) is 16.5 Å². The molecule has 148 valence electrons. The van der Waals surface area contributed by atoms with E-state index in [2.05, 4.69) is 19.7 Å². The van der Waals surface area contributed by atoms with Crippen molar-refractivity contribution in [2.45, 2.75) is 18.7 Å². The Hall–Kier alpha value is -3.59. The number of hydrogen-bond donors (Lipinski definition) is 4. The molecule has 2 aromatic carbocycles. The molecule has 2 heterocycles. The van der Waals surface area contributed by atoms with Gasteiger partial charge in [-0.2, -0.15) is 0 Å². The first-order valence-electron chi connectivity index (χ1n) is 8.77. The van der Waals surface area contributed by atoms with Gasteiger partial charge in [0.15, 0.2) is 0 Å². The smallest absolute Gasteiger partial charge is 0.263 e. The Morgan fingerprint density at radius 2 is 1.79 bits per heavy atom. The molecule has 0 spiro atoms. The van der Waals surface area contributed by atoms with Crippen LogP contribution in [0.1, 0.15) is 11.1 Å². The van der Waals surface area contributed by atoms with Crippen molar-refractivity contribution in [1.82, 2.24) is 15.0 Å². The zero-order valence-corrected chi connectivity index (χ0v) is 16.6. The molecule has 0 bridgehead atoms. The number of aryl methyl sites for hydroxylation is 2. The highest BCUT2D eigenvalue weighted by molar-refractivity contribution is 7.92. The summed E-state index contributed by atoms with van der Waals surface area (Å²) in [6.07, 6.45) is 1.38. The molecule has 8 nitrogen and oxygen atoms in total. The van der Waals surface area contributed by atoms with Crippen LogP contribution in [0, 0.1) is 13.8 Å². The molecule has 0 radical (unpaired) electrons. The van der Waals surface area contributed by atoms with E-state index in [1.807, 2.05) is 26.0 Å². The predicted molar refractivity (Wildman–Crippen MR) is 112 cm³/mol. The SMILES string of the molecule is Cc1cc(-c2nc3ccc(S(=O)(=O)Nc4ccc(N)cn4)cc3[nH]2)cc(C)c1O. The number of hydrogen-bond acceptors (Lipinski definition) is 6. The van der Waals surface area contributed by atoms with Crippen LogP contribution in [0.25, 0.3) is 22.4 Å². The van der Waals surface area contributed by atoms with Gasteiger partial charge in [-0.05, 0) is 67.4 Å². The van der Waals surface area contributed by atoms with Crippen molar-refractivity contribution in [1.29, 1.82) is 0 Å². The van der Waals surface area contributed by atoms with Crippen LogP contribution in [0.15, 0.2) is 53.6 Å². The van der Waals surface area contributed by atoms with E-state index >= 15 is 0 Å². The zero-order chi connectivity index (χ0) is 20.8. The number of phenols is 1. The van der Waals surface area contributed by atoms with Gasteiger partial charge in [0.2, 0.25) is 0 Å². The third kappa shape index (κ3) is 3.59. The molecule has 0 unspecified atom stereocenters. The summed E-state index contributed by atoms with van der Waals surface area (Å²) in [6, 6.07) is 11.4. The first kappa shape index (κ1) is 18.8. The number of nitrogens with zero attached hydrogens (tertiary/aromatic N) is 2. The number of fused-ring (bicyclic) bond motifs is 1. The highest BCUT2D eigenvalue weighted by Gasteiger charge is 2.17. The molecule has 4 aromatic rings. The maximum Gasteiger partial charge on any atom is 0.263 e. The second-order valence-corrected chi connectivity index (χ2v) is 8.49. The standard InChI is InChI=1S/C20H19N5O3S/c1-11-7-13(8-12(2)19(11)26)20-23-16-5-4-15(9-17(16)24-20)29(27,28)25-18-6-3-14(21)10-22-18/h3-10,26H,21H2,1-2H3,(H,22,25)(H,23,24). The fourth-order valence-corrected chi connectivity index (χ4v) is 4.08. The lowest BCUT2D eigenvalue weighted by atomic mass is 10.1. The fourth-order valence-electron chi connectivity index (χ4n) is 3.05. The van der Waals surface area contributed by atoms with Crippen LogP contribution >= 0.6 is 0 Å². The number of nitrogen functional groups attached to an aromatic ring is 1. The number of nitrogens with two attached hydrogens (primary N) is 1. The van der Waals surface area contributed by atoms with Gasteiger partial charge in [0.25, 0.3) is 10.0 Å². The number of anilines is 2. The molecule has 0 saturated heterocycles. The molecule has 0 fully saturated rings. The monoisotopic (exact) mass is 409 g/mol. The third-order valence-electron chi connectivity index (χ3n) is 4.55. The summed E-state index contributed by atoms with van der Waals surface area (Å²) in [5, 5.41) is 9.96. The molecule has 0 aliphatic rings. The molecule has 2 aromatic heterocycles. The van der Waals surface area contributed by atoms with Gasteiger partial charge in [-0.25, -0.2) is 18.4 Å². The van der Waals surface area contributed by atoms with E-state index in [9.17, 15) is 13.5 Å². The second-order valence-electron chi connectivity index (χ2n) is 6.81. The number of nitrogens with one attached hydrogen (secondary N) is 2. The molecule has 4 rings (SSSR count). The van der Waals surface area contributed by atoms with Crippen molar-refractivity contribution in [3.8, 4) is 17.1 Å². The van der Waals surface area contributed by atoms with Crippen LogP contribution < -0.4 is 10.5 Å². The van der Waals surface area contributed by atoms with E-state index in [1.165, 1.54) is 24.4 Å².